The average Bonchev–Trinajstić information content (AvgIpc) is 2.65. The molecule has 0 spiro atoms. The molecule has 1 aliphatic heterocycles. The van der Waals surface area contributed by atoms with Crippen LogP contribution in [0.1, 0.15) is 56.6 Å². The van der Waals surface area contributed by atoms with Crippen molar-refractivity contribution in [3.05, 3.63) is 35.4 Å². The van der Waals surface area contributed by atoms with E-state index in [1.54, 1.807) is 0 Å². The Kier molecular flexibility index (Phi) is 4.46. The molecule has 6 rings (SSSR count). The number of hydrogen-bond donors (Lipinski definition) is 3. The van der Waals surface area contributed by atoms with E-state index in [9.17, 15) is 9.59 Å². The Bertz CT molecular complexity index is 755. The van der Waals surface area contributed by atoms with Crippen LogP contribution < -0.4 is 15.5 Å². The van der Waals surface area contributed by atoms with Crippen molar-refractivity contribution in [3.8, 4) is 0 Å². The lowest BCUT2D eigenvalue weighted by Crippen LogP contribution is -3.16. The van der Waals surface area contributed by atoms with E-state index >= 15 is 0 Å². The first-order chi connectivity index (χ1) is 13.5. The lowest BCUT2D eigenvalue weighted by Gasteiger charge is -2.56. The fourth-order valence-electron chi connectivity index (χ4n) is 6.91. The summed E-state index contributed by atoms with van der Waals surface area (Å²) < 4.78 is 0. The van der Waals surface area contributed by atoms with Gasteiger partial charge in [-0.05, 0) is 68.8 Å². The van der Waals surface area contributed by atoms with Gasteiger partial charge in [-0.3, -0.25) is 10.1 Å². The highest BCUT2D eigenvalue weighted by molar-refractivity contribution is 5.96. The number of benzene rings is 1. The van der Waals surface area contributed by atoms with E-state index < -0.39 is 0 Å². The minimum absolute atomic E-state index is 0.0563. The lowest BCUT2D eigenvalue weighted by atomic mass is 9.53. The second-order valence-electron chi connectivity index (χ2n) is 9.97. The SMILES string of the molecule is C[C@@H](C(=O)NC(=O)NC12CC3CC(CC(C3)C1)C2)[NH+]1CCc2ccccc2C1. The van der Waals surface area contributed by atoms with Crippen LogP contribution in [0.25, 0.3) is 0 Å². The summed E-state index contributed by atoms with van der Waals surface area (Å²) in [6, 6.07) is 7.96. The summed E-state index contributed by atoms with van der Waals surface area (Å²) >= 11 is 0. The fraction of sp³-hybridized carbons (Fsp3) is 0.652. The van der Waals surface area contributed by atoms with Crippen molar-refractivity contribution in [1.82, 2.24) is 10.6 Å². The molecule has 0 radical (unpaired) electrons. The predicted molar refractivity (Wildman–Crippen MR) is 107 cm³/mol. The first kappa shape index (κ1) is 18.2. The first-order valence-corrected chi connectivity index (χ1v) is 11.0. The number of quaternary nitrogens is 1. The number of imide groups is 1. The van der Waals surface area contributed by atoms with Gasteiger partial charge in [-0.2, -0.15) is 0 Å². The van der Waals surface area contributed by atoms with Gasteiger partial charge in [-0.15, -0.1) is 0 Å². The highest BCUT2D eigenvalue weighted by Crippen LogP contribution is 2.55. The first-order valence-electron chi connectivity index (χ1n) is 11.0. The van der Waals surface area contributed by atoms with Gasteiger partial charge in [0.25, 0.3) is 5.91 Å². The molecule has 5 nitrogen and oxygen atoms in total. The largest absolute Gasteiger partial charge is 0.332 e. The van der Waals surface area contributed by atoms with Crippen molar-refractivity contribution < 1.29 is 14.5 Å². The molecule has 4 aliphatic carbocycles. The summed E-state index contributed by atoms with van der Waals surface area (Å²) in [5.74, 6) is 2.17. The molecule has 3 amide bonds. The minimum atomic E-state index is -0.282. The summed E-state index contributed by atoms with van der Waals surface area (Å²) in [5, 5.41) is 5.91. The summed E-state index contributed by atoms with van der Waals surface area (Å²) in [5.41, 5.74) is 2.65. The normalized spacial score (nSPS) is 36.5. The Hall–Kier alpha value is -1.88. The van der Waals surface area contributed by atoms with E-state index in [1.165, 1.54) is 35.3 Å². The Morgan fingerprint density at radius 1 is 1.04 bits per heavy atom. The molecule has 5 aliphatic rings. The number of carbonyl (C=O) groups excluding carboxylic acids is 2. The maximum Gasteiger partial charge on any atom is 0.322 e. The van der Waals surface area contributed by atoms with E-state index in [2.05, 4.69) is 34.9 Å². The Morgan fingerprint density at radius 2 is 1.64 bits per heavy atom. The molecule has 4 bridgehead atoms. The molecule has 1 unspecified atom stereocenters. The molecule has 0 aromatic heterocycles. The molecular weight excluding hydrogens is 350 g/mol. The van der Waals surface area contributed by atoms with Crippen LogP contribution in [0.3, 0.4) is 0 Å². The summed E-state index contributed by atoms with van der Waals surface area (Å²) in [7, 11) is 0. The third-order valence-electron chi connectivity index (χ3n) is 7.91. The highest BCUT2D eigenvalue weighted by Gasteiger charge is 2.51. The molecule has 5 heteroatoms. The van der Waals surface area contributed by atoms with Gasteiger partial charge in [0.1, 0.15) is 6.54 Å². The van der Waals surface area contributed by atoms with Crippen molar-refractivity contribution in [2.45, 2.75) is 70.0 Å². The van der Waals surface area contributed by atoms with Crippen molar-refractivity contribution in [3.63, 3.8) is 0 Å². The van der Waals surface area contributed by atoms with Gasteiger partial charge in [-0.1, -0.05) is 24.3 Å². The monoisotopic (exact) mass is 382 g/mol. The topological polar surface area (TPSA) is 62.6 Å². The van der Waals surface area contributed by atoms with E-state index in [4.69, 9.17) is 0 Å². The molecule has 0 saturated heterocycles. The van der Waals surface area contributed by atoms with Crippen LogP contribution >= 0.6 is 0 Å². The number of fused-ring (bicyclic) bond motifs is 1. The molecule has 4 fully saturated rings. The average molecular weight is 383 g/mol. The Balaban J connectivity index is 1.18. The number of hydrogen-bond acceptors (Lipinski definition) is 2. The quantitative estimate of drug-likeness (QED) is 0.747. The van der Waals surface area contributed by atoms with Crippen LogP contribution in [0, 0.1) is 17.8 Å². The van der Waals surface area contributed by atoms with Crippen molar-refractivity contribution in [2.24, 2.45) is 17.8 Å². The fourth-order valence-corrected chi connectivity index (χ4v) is 6.91. The molecule has 28 heavy (non-hydrogen) atoms. The predicted octanol–water partition coefficient (Wildman–Crippen LogP) is 1.81. The molecule has 4 saturated carbocycles. The van der Waals surface area contributed by atoms with Gasteiger partial charge in [0.05, 0.1) is 6.54 Å². The third-order valence-corrected chi connectivity index (χ3v) is 7.91. The molecule has 2 atom stereocenters. The van der Waals surface area contributed by atoms with Gasteiger partial charge in [0.15, 0.2) is 6.04 Å². The number of carbonyl (C=O) groups is 2. The summed E-state index contributed by atoms with van der Waals surface area (Å²) in [6.45, 7) is 3.72. The van der Waals surface area contributed by atoms with Crippen LogP contribution in [0.4, 0.5) is 4.79 Å². The van der Waals surface area contributed by atoms with Gasteiger partial charge < -0.3 is 10.2 Å². The molecular formula is C23H32N3O2+. The maximum atomic E-state index is 12.8. The van der Waals surface area contributed by atoms with Crippen LogP contribution in [-0.4, -0.2) is 30.1 Å². The second kappa shape index (κ2) is 6.87. The summed E-state index contributed by atoms with van der Waals surface area (Å²) in [6.07, 6.45) is 8.33. The zero-order chi connectivity index (χ0) is 19.3. The number of urea groups is 1. The molecule has 1 aromatic rings. The van der Waals surface area contributed by atoms with Gasteiger partial charge in [0, 0.05) is 17.5 Å². The van der Waals surface area contributed by atoms with Gasteiger partial charge in [0.2, 0.25) is 0 Å². The Morgan fingerprint density at radius 3 is 2.29 bits per heavy atom. The van der Waals surface area contributed by atoms with Crippen molar-refractivity contribution in [2.75, 3.05) is 6.54 Å². The number of rotatable bonds is 3. The van der Waals surface area contributed by atoms with E-state index in [1.807, 2.05) is 6.92 Å². The second-order valence-corrected chi connectivity index (χ2v) is 9.97. The van der Waals surface area contributed by atoms with Crippen LogP contribution in [0.5, 0.6) is 0 Å². The van der Waals surface area contributed by atoms with Crippen molar-refractivity contribution >= 4 is 11.9 Å². The number of amides is 3. The van der Waals surface area contributed by atoms with E-state index in [0.717, 1.165) is 56.5 Å². The van der Waals surface area contributed by atoms with E-state index in [-0.39, 0.29) is 23.5 Å². The minimum Gasteiger partial charge on any atom is -0.332 e. The zero-order valence-corrected chi connectivity index (χ0v) is 16.8. The summed E-state index contributed by atoms with van der Waals surface area (Å²) in [4.78, 5) is 26.7. The molecule has 3 N–H and O–H groups in total. The standard InChI is InChI=1S/C23H31N3O2/c1-15(26-7-6-19-4-2-3-5-20(19)14-26)21(27)24-22(28)25-23-11-16-8-17(12-23)10-18(9-16)13-23/h2-5,15-18H,6-14H2,1H3,(H2,24,25,27,28)/p+1/t15-,16?,17?,18?,23?/m0/s1. The molecule has 150 valence electrons. The zero-order valence-electron chi connectivity index (χ0n) is 16.8. The van der Waals surface area contributed by atoms with Gasteiger partial charge in [-0.25, -0.2) is 4.79 Å². The maximum absolute atomic E-state index is 12.8. The number of nitrogens with one attached hydrogen (secondary N) is 3. The van der Waals surface area contributed by atoms with Gasteiger partial charge >= 0.3 is 6.03 Å². The third kappa shape index (κ3) is 3.34. The highest BCUT2D eigenvalue weighted by atomic mass is 16.2. The van der Waals surface area contributed by atoms with Crippen molar-refractivity contribution in [1.29, 1.82) is 0 Å². The lowest BCUT2D eigenvalue weighted by molar-refractivity contribution is -0.929. The molecule has 1 aromatic carbocycles. The van der Waals surface area contributed by atoms with Crippen LogP contribution in [0.2, 0.25) is 0 Å². The molecule has 1 heterocycles. The van der Waals surface area contributed by atoms with Crippen LogP contribution in [0.15, 0.2) is 24.3 Å². The van der Waals surface area contributed by atoms with Crippen LogP contribution in [-0.2, 0) is 17.8 Å². The smallest absolute Gasteiger partial charge is 0.322 e. The Labute approximate surface area is 167 Å². The van der Waals surface area contributed by atoms with E-state index in [0.29, 0.717) is 0 Å².